The first-order valence-corrected chi connectivity index (χ1v) is 11.0. The predicted molar refractivity (Wildman–Crippen MR) is 125 cm³/mol. The van der Waals surface area contributed by atoms with E-state index in [0.717, 1.165) is 16.3 Å². The van der Waals surface area contributed by atoms with Crippen LogP contribution in [0.3, 0.4) is 0 Å². The Labute approximate surface area is 183 Å². The highest BCUT2D eigenvalue weighted by molar-refractivity contribution is 7.99. The van der Waals surface area contributed by atoms with Crippen LogP contribution in [0.1, 0.15) is 12.5 Å². The molecule has 0 saturated heterocycles. The number of carbonyl (C=O) groups is 1. The molecule has 0 aliphatic heterocycles. The molecule has 30 heavy (non-hydrogen) atoms. The number of thioether (sulfide) groups is 1. The molecule has 0 aliphatic carbocycles. The van der Waals surface area contributed by atoms with Crippen molar-refractivity contribution in [3.8, 4) is 0 Å². The van der Waals surface area contributed by atoms with Crippen LogP contribution in [0.2, 0.25) is 5.02 Å². The molecule has 3 aromatic carbocycles. The number of nitrogens with zero attached hydrogens (tertiary/aromatic N) is 2. The zero-order valence-electron chi connectivity index (χ0n) is 16.6. The molecule has 0 saturated carbocycles. The Morgan fingerprint density at radius 1 is 1.13 bits per heavy atom. The lowest BCUT2D eigenvalue weighted by atomic mass is 10.1. The molecule has 4 rings (SSSR count). The summed E-state index contributed by atoms with van der Waals surface area (Å²) < 4.78 is 1.61. The van der Waals surface area contributed by atoms with Crippen LogP contribution in [-0.4, -0.2) is 21.2 Å². The number of nitrogens with one attached hydrogen (secondary N) is 1. The monoisotopic (exact) mass is 437 g/mol. The van der Waals surface area contributed by atoms with Crippen LogP contribution in [0.25, 0.3) is 21.7 Å². The van der Waals surface area contributed by atoms with Gasteiger partial charge in [-0.1, -0.05) is 53.7 Å². The lowest BCUT2D eigenvalue weighted by Gasteiger charge is -2.13. The lowest BCUT2D eigenvalue weighted by molar-refractivity contribution is -0.113. The van der Waals surface area contributed by atoms with Gasteiger partial charge in [-0.15, -0.1) is 0 Å². The molecule has 0 unspecified atom stereocenters. The fraction of sp³-hybridized carbons (Fsp3) is 0.174. The molecule has 4 aromatic rings. The second-order valence-electron chi connectivity index (χ2n) is 6.91. The van der Waals surface area contributed by atoms with Gasteiger partial charge in [0, 0.05) is 17.3 Å². The Morgan fingerprint density at radius 2 is 1.87 bits per heavy atom. The van der Waals surface area contributed by atoms with Gasteiger partial charge < -0.3 is 5.32 Å². The largest absolute Gasteiger partial charge is 0.325 e. The number of aromatic nitrogens is 2. The van der Waals surface area contributed by atoms with Gasteiger partial charge in [0.15, 0.2) is 5.16 Å². The summed E-state index contributed by atoms with van der Waals surface area (Å²) in [5, 5.41) is 6.62. The number of anilines is 1. The molecule has 1 aromatic heterocycles. The second-order valence-corrected chi connectivity index (χ2v) is 8.26. The number of amides is 1. The summed E-state index contributed by atoms with van der Waals surface area (Å²) >= 11 is 7.37. The third-order valence-electron chi connectivity index (χ3n) is 4.98. The Hall–Kier alpha value is -2.83. The maximum atomic E-state index is 13.0. The zero-order valence-corrected chi connectivity index (χ0v) is 18.2. The SMILES string of the molecule is CCn1c(SCC(=O)Nc2cccc(Cl)c2C)nc2cc3ccccc3cc2c1=O. The van der Waals surface area contributed by atoms with Gasteiger partial charge in [-0.2, -0.15) is 0 Å². The van der Waals surface area contributed by atoms with Crippen LogP contribution < -0.4 is 10.9 Å². The average molecular weight is 438 g/mol. The number of hydrogen-bond donors (Lipinski definition) is 1. The summed E-state index contributed by atoms with van der Waals surface area (Å²) in [5.41, 5.74) is 2.04. The highest BCUT2D eigenvalue weighted by Gasteiger charge is 2.14. The van der Waals surface area contributed by atoms with Crippen molar-refractivity contribution in [1.29, 1.82) is 0 Å². The van der Waals surface area contributed by atoms with Crippen molar-refractivity contribution in [1.82, 2.24) is 9.55 Å². The second kappa shape index (κ2) is 8.50. The Kier molecular flexibility index (Phi) is 5.79. The summed E-state index contributed by atoms with van der Waals surface area (Å²) in [6.07, 6.45) is 0. The van der Waals surface area contributed by atoms with Gasteiger partial charge in [0.25, 0.3) is 5.56 Å². The first kappa shape index (κ1) is 20.4. The minimum absolute atomic E-state index is 0.0955. The highest BCUT2D eigenvalue weighted by Crippen LogP contribution is 2.25. The minimum Gasteiger partial charge on any atom is -0.325 e. The van der Waals surface area contributed by atoms with E-state index in [1.165, 1.54) is 11.8 Å². The van der Waals surface area contributed by atoms with E-state index in [-0.39, 0.29) is 17.2 Å². The molecule has 0 fully saturated rings. The molecule has 1 heterocycles. The zero-order chi connectivity index (χ0) is 21.3. The van der Waals surface area contributed by atoms with Crippen molar-refractivity contribution in [2.75, 3.05) is 11.1 Å². The van der Waals surface area contributed by atoms with E-state index in [1.807, 2.05) is 56.3 Å². The molecular weight excluding hydrogens is 418 g/mol. The summed E-state index contributed by atoms with van der Waals surface area (Å²) in [6, 6.07) is 17.1. The Morgan fingerprint density at radius 3 is 2.60 bits per heavy atom. The molecule has 0 radical (unpaired) electrons. The van der Waals surface area contributed by atoms with Crippen molar-refractivity contribution in [2.45, 2.75) is 25.5 Å². The van der Waals surface area contributed by atoms with E-state index in [0.29, 0.717) is 33.3 Å². The summed E-state index contributed by atoms with van der Waals surface area (Å²) in [5.74, 6) is -0.0434. The fourth-order valence-electron chi connectivity index (χ4n) is 3.34. The third kappa shape index (κ3) is 3.93. The van der Waals surface area contributed by atoms with Crippen LogP contribution in [-0.2, 0) is 11.3 Å². The van der Waals surface area contributed by atoms with Gasteiger partial charge in [0.05, 0.1) is 16.7 Å². The standard InChI is InChI=1S/C23H20ClN3O2S/c1-3-27-22(29)17-11-15-7-4-5-8-16(15)12-20(17)26-23(27)30-13-21(28)25-19-10-6-9-18(24)14(19)2/h4-12H,3,13H2,1-2H3,(H,25,28). The van der Waals surface area contributed by atoms with Crippen LogP contribution in [0.15, 0.2) is 64.5 Å². The van der Waals surface area contributed by atoms with Gasteiger partial charge in [-0.25, -0.2) is 4.98 Å². The van der Waals surface area contributed by atoms with Crippen molar-refractivity contribution in [3.05, 3.63) is 75.5 Å². The van der Waals surface area contributed by atoms with Gasteiger partial charge in [-0.3, -0.25) is 14.2 Å². The number of halogens is 1. The summed E-state index contributed by atoms with van der Waals surface area (Å²) in [7, 11) is 0. The van der Waals surface area contributed by atoms with Crippen LogP contribution in [0, 0.1) is 6.92 Å². The number of carbonyl (C=O) groups excluding carboxylic acids is 1. The number of fused-ring (bicyclic) bond motifs is 2. The van der Waals surface area contributed by atoms with Gasteiger partial charge >= 0.3 is 0 Å². The van der Waals surface area contributed by atoms with Crippen LogP contribution in [0.4, 0.5) is 5.69 Å². The average Bonchev–Trinajstić information content (AvgIpc) is 2.74. The predicted octanol–water partition coefficient (Wildman–Crippen LogP) is 5.26. The van der Waals surface area contributed by atoms with Gasteiger partial charge in [0.2, 0.25) is 5.91 Å². The molecule has 5 nitrogen and oxygen atoms in total. The Balaban J connectivity index is 1.63. The number of benzene rings is 3. The smallest absolute Gasteiger partial charge is 0.262 e. The fourth-order valence-corrected chi connectivity index (χ4v) is 4.37. The number of rotatable bonds is 5. The summed E-state index contributed by atoms with van der Waals surface area (Å²) in [6.45, 7) is 4.23. The molecular formula is C23H20ClN3O2S. The van der Waals surface area contributed by atoms with Crippen molar-refractivity contribution in [2.24, 2.45) is 0 Å². The van der Waals surface area contributed by atoms with E-state index in [1.54, 1.807) is 16.7 Å². The van der Waals surface area contributed by atoms with E-state index in [2.05, 4.69) is 5.32 Å². The van der Waals surface area contributed by atoms with Crippen LogP contribution in [0.5, 0.6) is 0 Å². The van der Waals surface area contributed by atoms with Gasteiger partial charge in [-0.05, 0) is 54.4 Å². The quantitative estimate of drug-likeness (QED) is 0.262. The minimum atomic E-state index is -0.180. The lowest BCUT2D eigenvalue weighted by Crippen LogP contribution is -2.23. The maximum absolute atomic E-state index is 13.0. The van der Waals surface area contributed by atoms with Crippen LogP contribution >= 0.6 is 23.4 Å². The first-order chi connectivity index (χ1) is 14.5. The normalized spacial score (nSPS) is 11.2. The number of hydrogen-bond acceptors (Lipinski definition) is 4. The third-order valence-corrected chi connectivity index (χ3v) is 6.36. The molecule has 1 amide bonds. The molecule has 7 heteroatoms. The molecule has 1 N–H and O–H groups in total. The van der Waals surface area contributed by atoms with Crippen molar-refractivity contribution >= 4 is 56.6 Å². The molecule has 0 atom stereocenters. The highest BCUT2D eigenvalue weighted by atomic mass is 35.5. The molecule has 0 spiro atoms. The van der Waals surface area contributed by atoms with Crippen molar-refractivity contribution in [3.63, 3.8) is 0 Å². The van der Waals surface area contributed by atoms with Crippen molar-refractivity contribution < 1.29 is 4.79 Å². The topological polar surface area (TPSA) is 64.0 Å². The van der Waals surface area contributed by atoms with E-state index < -0.39 is 0 Å². The first-order valence-electron chi connectivity index (χ1n) is 9.59. The molecule has 0 bridgehead atoms. The maximum Gasteiger partial charge on any atom is 0.262 e. The van der Waals surface area contributed by atoms with E-state index >= 15 is 0 Å². The van der Waals surface area contributed by atoms with E-state index in [9.17, 15) is 9.59 Å². The van der Waals surface area contributed by atoms with Gasteiger partial charge in [0.1, 0.15) is 0 Å². The summed E-state index contributed by atoms with van der Waals surface area (Å²) in [4.78, 5) is 30.2. The Bertz CT molecular complexity index is 1330. The molecule has 152 valence electrons. The molecule has 0 aliphatic rings. The van der Waals surface area contributed by atoms with E-state index in [4.69, 9.17) is 16.6 Å².